The Morgan fingerprint density at radius 2 is 1.66 bits per heavy atom. The van der Waals surface area contributed by atoms with Gasteiger partial charge in [-0.3, -0.25) is 9.59 Å². The number of terminal acetylenes is 1. The molecule has 0 bridgehead atoms. The van der Waals surface area contributed by atoms with Crippen LogP contribution in [-0.2, 0) is 32.1 Å². The largest absolute Gasteiger partial charge is 0.482 e. The summed E-state index contributed by atoms with van der Waals surface area (Å²) in [5.41, 5.74) is 6.74. The van der Waals surface area contributed by atoms with Crippen molar-refractivity contribution < 1.29 is 37.0 Å². The van der Waals surface area contributed by atoms with E-state index >= 15 is 0 Å². The number of hydrogen-bond acceptors (Lipinski definition) is 7. The lowest BCUT2D eigenvalue weighted by Gasteiger charge is -2.18. The van der Waals surface area contributed by atoms with Gasteiger partial charge in [-0.05, 0) is 42.7 Å². The van der Waals surface area contributed by atoms with E-state index < -0.39 is 23.5 Å². The van der Waals surface area contributed by atoms with Crippen LogP contribution in [0.1, 0.15) is 58.6 Å². The molecule has 2 aromatic carbocycles. The summed E-state index contributed by atoms with van der Waals surface area (Å²) in [7, 11) is 0. The fourth-order valence-corrected chi connectivity index (χ4v) is 4.22. The van der Waals surface area contributed by atoms with Gasteiger partial charge in [0.05, 0.1) is 12.5 Å². The van der Waals surface area contributed by atoms with Crippen LogP contribution in [0, 0.1) is 30.3 Å². The molecule has 1 fully saturated rings. The number of esters is 1. The third-order valence-corrected chi connectivity index (χ3v) is 6.05. The number of nitrogens with zero attached hydrogens (tertiary/aromatic N) is 1. The van der Waals surface area contributed by atoms with Crippen molar-refractivity contribution in [3.8, 4) is 18.6 Å². The fraction of sp³-hybridized carbons (Fsp3) is 0.469. The number of halogens is 3. The highest BCUT2D eigenvalue weighted by molar-refractivity contribution is 7.99. The maximum atomic E-state index is 13.5. The molecule has 0 unspecified atom stereocenters. The quantitative estimate of drug-likeness (QED) is 0.145. The number of benzene rings is 2. The van der Waals surface area contributed by atoms with Crippen molar-refractivity contribution in [2.24, 2.45) is 5.73 Å². The van der Waals surface area contributed by atoms with Crippen LogP contribution in [0.5, 0.6) is 5.75 Å². The first-order valence-electron chi connectivity index (χ1n) is 14.3. The lowest BCUT2D eigenvalue weighted by Crippen LogP contribution is -2.35. The van der Waals surface area contributed by atoms with Crippen LogP contribution in [0.2, 0.25) is 0 Å². The molecule has 1 aliphatic heterocycles. The van der Waals surface area contributed by atoms with Crippen molar-refractivity contribution in [1.82, 2.24) is 10.2 Å². The van der Waals surface area contributed by atoms with Gasteiger partial charge in [0.15, 0.2) is 18.2 Å². The SMILES string of the molecule is C#C.CC.CCC.CCOC(=O)COc1ccc(CNC=O)cc1.N[C@@H](CC(=O)N1CCSC1)Cc1cc(F)c(F)cc1F. The average Bonchev–Trinajstić information content (AvgIpc) is 3.57. The van der Waals surface area contributed by atoms with Crippen LogP contribution in [-0.4, -0.2) is 60.6 Å². The van der Waals surface area contributed by atoms with Gasteiger partial charge in [0, 0.05) is 37.4 Å². The van der Waals surface area contributed by atoms with Gasteiger partial charge in [-0.1, -0.05) is 46.2 Å². The second kappa shape index (κ2) is 26.9. The van der Waals surface area contributed by atoms with Gasteiger partial charge in [0.1, 0.15) is 11.6 Å². The van der Waals surface area contributed by atoms with Gasteiger partial charge in [0.2, 0.25) is 12.3 Å². The van der Waals surface area contributed by atoms with Crippen LogP contribution in [0.4, 0.5) is 13.2 Å². The molecule has 246 valence electrons. The minimum absolute atomic E-state index is 0.00421. The van der Waals surface area contributed by atoms with Crippen LogP contribution < -0.4 is 15.8 Å². The number of carbonyl (C=O) groups is 3. The van der Waals surface area contributed by atoms with Crippen LogP contribution >= 0.6 is 11.8 Å². The Kier molecular flexibility index (Phi) is 25.9. The normalized spacial score (nSPS) is 11.8. The van der Waals surface area contributed by atoms with E-state index in [0.29, 0.717) is 43.8 Å². The highest BCUT2D eigenvalue weighted by atomic mass is 32.2. The summed E-state index contributed by atoms with van der Waals surface area (Å²) in [4.78, 5) is 34.7. The van der Waals surface area contributed by atoms with Crippen molar-refractivity contribution in [1.29, 1.82) is 0 Å². The summed E-state index contributed by atoms with van der Waals surface area (Å²) < 4.78 is 49.3. The molecule has 0 radical (unpaired) electrons. The van der Waals surface area contributed by atoms with Crippen LogP contribution in [0.25, 0.3) is 0 Å². The first kappa shape index (κ1) is 42.4. The molecule has 8 nitrogen and oxygen atoms in total. The Bertz CT molecular complexity index is 1100. The van der Waals surface area contributed by atoms with Gasteiger partial charge < -0.3 is 25.4 Å². The predicted octanol–water partition coefficient (Wildman–Crippen LogP) is 5.46. The Balaban J connectivity index is 0. The van der Waals surface area contributed by atoms with Crippen molar-refractivity contribution in [2.75, 3.05) is 31.4 Å². The number of rotatable bonds is 11. The first-order valence-corrected chi connectivity index (χ1v) is 15.4. The number of thioether (sulfide) groups is 1. The van der Waals surface area contributed by atoms with Crippen molar-refractivity contribution in [2.45, 2.75) is 66.5 Å². The van der Waals surface area contributed by atoms with Gasteiger partial charge in [-0.25, -0.2) is 18.0 Å². The standard InChI is InChI=1S/C13H15F3N2OS.C12H15NO4.C3H8.C2H6.C2H2/c14-10-6-12(16)11(15)4-8(10)3-9(17)5-13(19)18-1-2-20-7-18;1-2-16-12(15)8-17-11-5-3-10(4-6-11)7-13-9-14;1-3-2;2*1-2/h4,6,9H,1-3,5,7,17H2;3-6,9H,2,7-8H2,1H3,(H,13,14);3H2,1-2H3;1-2H3;1-2H/t9-;;;;/m1..../s1. The van der Waals surface area contributed by atoms with E-state index in [4.69, 9.17) is 15.2 Å². The molecule has 3 N–H and O–H groups in total. The Morgan fingerprint density at radius 1 is 1.07 bits per heavy atom. The lowest BCUT2D eigenvalue weighted by molar-refractivity contribution is -0.145. The molecule has 0 aromatic heterocycles. The Morgan fingerprint density at radius 3 is 2.18 bits per heavy atom. The molecule has 0 spiro atoms. The topological polar surface area (TPSA) is 111 Å². The molecule has 2 aromatic rings. The molecule has 0 aliphatic carbocycles. The van der Waals surface area contributed by atoms with Gasteiger partial charge >= 0.3 is 5.97 Å². The molecule has 2 amide bonds. The second-order valence-corrected chi connectivity index (χ2v) is 9.74. The maximum absolute atomic E-state index is 13.5. The predicted molar refractivity (Wildman–Crippen MR) is 170 cm³/mol. The highest BCUT2D eigenvalue weighted by Gasteiger charge is 2.21. The zero-order valence-electron chi connectivity index (χ0n) is 26.2. The van der Waals surface area contributed by atoms with Gasteiger partial charge in [-0.15, -0.1) is 24.6 Å². The molecule has 1 aliphatic rings. The number of nitrogens with two attached hydrogens (primary N) is 1. The minimum Gasteiger partial charge on any atom is -0.482 e. The summed E-state index contributed by atoms with van der Waals surface area (Å²) in [5, 5.41) is 2.56. The lowest BCUT2D eigenvalue weighted by atomic mass is 10.0. The second-order valence-electron chi connectivity index (χ2n) is 8.66. The number of hydrogen-bond donors (Lipinski definition) is 2. The van der Waals surface area contributed by atoms with E-state index in [1.54, 1.807) is 35.7 Å². The van der Waals surface area contributed by atoms with E-state index in [-0.39, 0.29) is 36.9 Å². The zero-order chi connectivity index (χ0) is 33.9. The third kappa shape index (κ3) is 18.8. The van der Waals surface area contributed by atoms with Gasteiger partial charge in [-0.2, -0.15) is 0 Å². The van der Waals surface area contributed by atoms with Crippen LogP contribution in [0.3, 0.4) is 0 Å². The van der Waals surface area contributed by atoms with Crippen molar-refractivity contribution in [3.05, 3.63) is 65.0 Å². The number of amides is 2. The highest BCUT2D eigenvalue weighted by Crippen LogP contribution is 2.18. The summed E-state index contributed by atoms with van der Waals surface area (Å²) in [6.45, 7) is 11.4. The van der Waals surface area contributed by atoms with E-state index in [9.17, 15) is 27.6 Å². The summed E-state index contributed by atoms with van der Waals surface area (Å²) in [5.74, 6) is -1.54. The molecule has 0 saturated carbocycles. The smallest absolute Gasteiger partial charge is 0.344 e. The minimum atomic E-state index is -1.23. The first-order chi connectivity index (χ1) is 21.1. The number of ether oxygens (including phenoxy) is 2. The van der Waals surface area contributed by atoms with E-state index in [0.717, 1.165) is 17.4 Å². The fourth-order valence-electron chi connectivity index (χ4n) is 3.25. The summed E-state index contributed by atoms with van der Waals surface area (Å²) >= 11 is 1.66. The van der Waals surface area contributed by atoms with Crippen molar-refractivity contribution >= 4 is 30.0 Å². The molecule has 44 heavy (non-hydrogen) atoms. The average molecular weight is 642 g/mol. The summed E-state index contributed by atoms with van der Waals surface area (Å²) in [6.07, 6.45) is 9.96. The van der Waals surface area contributed by atoms with Crippen LogP contribution in [0.15, 0.2) is 36.4 Å². The Hall–Kier alpha value is -3.69. The van der Waals surface area contributed by atoms with E-state index in [1.807, 2.05) is 26.0 Å². The third-order valence-electron chi connectivity index (χ3n) is 5.09. The maximum Gasteiger partial charge on any atom is 0.344 e. The zero-order valence-corrected chi connectivity index (χ0v) is 27.1. The van der Waals surface area contributed by atoms with Gasteiger partial charge in [0.25, 0.3) is 0 Å². The molecule has 1 heterocycles. The van der Waals surface area contributed by atoms with Crippen molar-refractivity contribution in [3.63, 3.8) is 0 Å². The molecular formula is C32H46F3N3O5S. The molecular weight excluding hydrogens is 595 g/mol. The Labute approximate surface area is 264 Å². The molecule has 12 heteroatoms. The summed E-state index contributed by atoms with van der Waals surface area (Å²) in [6, 6.07) is 7.78. The molecule has 3 rings (SSSR count). The molecule has 1 saturated heterocycles. The number of carbonyl (C=O) groups excluding carboxylic acids is 3. The van der Waals surface area contributed by atoms with E-state index in [1.165, 1.54) is 6.42 Å². The molecule has 1 atom stereocenters. The number of nitrogens with one attached hydrogen (secondary N) is 1. The van der Waals surface area contributed by atoms with E-state index in [2.05, 4.69) is 32.0 Å². The monoisotopic (exact) mass is 641 g/mol.